The van der Waals surface area contributed by atoms with Crippen LogP contribution >= 0.6 is 0 Å². The average Bonchev–Trinajstić information content (AvgIpc) is 3.27. The molecule has 3 aromatic carbocycles. The van der Waals surface area contributed by atoms with Gasteiger partial charge in [-0.05, 0) is 36.8 Å². The second-order valence-electron chi connectivity index (χ2n) is 7.42. The van der Waals surface area contributed by atoms with Gasteiger partial charge in [-0.25, -0.2) is 9.96 Å². The molecule has 2 amide bonds. The van der Waals surface area contributed by atoms with Crippen LogP contribution in [0.15, 0.2) is 84.9 Å². The first kappa shape index (κ1) is 17.6. The summed E-state index contributed by atoms with van der Waals surface area (Å²) in [6, 6.07) is 26.4. The maximum Gasteiger partial charge on any atom is 0.266 e. The van der Waals surface area contributed by atoms with E-state index in [-0.39, 0.29) is 17.9 Å². The molecular weight excluding hydrogens is 364 g/mol. The number of fused-ring (bicyclic) bond motifs is 1. The molecule has 29 heavy (non-hydrogen) atoms. The molecule has 0 aliphatic carbocycles. The number of carbonyl (C=O) groups excluding carboxylic acids is 2. The number of carbonyl (C=O) groups is 2. The minimum atomic E-state index is -0.839. The van der Waals surface area contributed by atoms with E-state index in [2.05, 4.69) is 0 Å². The number of imide groups is 1. The summed E-state index contributed by atoms with van der Waals surface area (Å²) in [5, 5.41) is 1.72. The molecule has 0 N–H and O–H groups in total. The summed E-state index contributed by atoms with van der Waals surface area (Å²) in [5.41, 5.74) is 3.41. The van der Waals surface area contributed by atoms with Crippen molar-refractivity contribution in [2.24, 2.45) is 5.92 Å². The number of para-hydroxylation sites is 1. The minimum Gasteiger partial charge on any atom is -0.273 e. The lowest BCUT2D eigenvalue weighted by Gasteiger charge is -2.28. The van der Waals surface area contributed by atoms with Crippen LogP contribution in [0.25, 0.3) is 0 Å². The Bertz CT molecular complexity index is 1050. The van der Waals surface area contributed by atoms with Crippen molar-refractivity contribution in [3.05, 3.63) is 96.1 Å². The molecular formula is C24H20N2O3. The molecule has 144 valence electrons. The smallest absolute Gasteiger partial charge is 0.266 e. The molecule has 0 bridgehead atoms. The number of hydrogen-bond acceptors (Lipinski definition) is 4. The second-order valence-corrected chi connectivity index (χ2v) is 7.42. The SMILES string of the molecule is Cc1ccc(N2C(=O)[C@@H]3[C@@H](c4ccccc4)N(c4ccccc4)O[C@H]3C2=O)cc1. The number of anilines is 2. The van der Waals surface area contributed by atoms with Gasteiger partial charge >= 0.3 is 0 Å². The predicted octanol–water partition coefficient (Wildman–Crippen LogP) is 4.05. The number of hydroxylamine groups is 1. The predicted molar refractivity (Wildman–Crippen MR) is 110 cm³/mol. The van der Waals surface area contributed by atoms with Gasteiger partial charge in [0.25, 0.3) is 5.91 Å². The van der Waals surface area contributed by atoms with Gasteiger partial charge in [0.15, 0.2) is 6.10 Å². The highest BCUT2D eigenvalue weighted by atomic mass is 16.7. The zero-order valence-corrected chi connectivity index (χ0v) is 15.9. The van der Waals surface area contributed by atoms with Gasteiger partial charge in [-0.2, -0.15) is 0 Å². The Morgan fingerprint density at radius 3 is 2.00 bits per heavy atom. The first-order valence-electron chi connectivity index (χ1n) is 9.65. The molecule has 0 spiro atoms. The van der Waals surface area contributed by atoms with E-state index in [0.29, 0.717) is 5.69 Å². The number of aryl methyl sites for hydroxylation is 1. The van der Waals surface area contributed by atoms with Crippen LogP contribution in [-0.2, 0) is 14.4 Å². The normalized spacial score (nSPS) is 23.6. The average molecular weight is 384 g/mol. The van der Waals surface area contributed by atoms with Crippen LogP contribution < -0.4 is 9.96 Å². The van der Waals surface area contributed by atoms with Crippen molar-refractivity contribution in [1.82, 2.24) is 0 Å². The van der Waals surface area contributed by atoms with Crippen LogP contribution in [0.3, 0.4) is 0 Å². The Kier molecular flexibility index (Phi) is 4.18. The maximum absolute atomic E-state index is 13.4. The molecule has 5 nitrogen and oxygen atoms in total. The summed E-state index contributed by atoms with van der Waals surface area (Å²) in [5.74, 6) is -1.15. The quantitative estimate of drug-likeness (QED) is 0.640. The number of nitrogens with zero attached hydrogens (tertiary/aromatic N) is 2. The van der Waals surface area contributed by atoms with Crippen molar-refractivity contribution in [1.29, 1.82) is 0 Å². The molecule has 0 radical (unpaired) electrons. The summed E-state index contributed by atoms with van der Waals surface area (Å²) in [6.07, 6.45) is -0.839. The third kappa shape index (κ3) is 2.82. The van der Waals surface area contributed by atoms with E-state index in [4.69, 9.17) is 4.84 Å². The summed E-state index contributed by atoms with van der Waals surface area (Å²) in [4.78, 5) is 34.0. The molecule has 5 rings (SSSR count). The molecule has 3 aromatic rings. The Hall–Kier alpha value is -3.44. The minimum absolute atomic E-state index is 0.226. The standard InChI is InChI=1S/C24H20N2O3/c1-16-12-14-18(15-13-16)25-23(27)20-21(17-8-4-2-5-9-17)26(29-22(20)24(25)28)19-10-6-3-7-11-19/h2-15,20-22H,1H3/t20-,21-,22-/m1/s1. The van der Waals surface area contributed by atoms with E-state index in [0.717, 1.165) is 16.8 Å². The van der Waals surface area contributed by atoms with Crippen molar-refractivity contribution in [3.8, 4) is 0 Å². The Morgan fingerprint density at radius 2 is 1.34 bits per heavy atom. The van der Waals surface area contributed by atoms with E-state index < -0.39 is 12.0 Å². The van der Waals surface area contributed by atoms with Gasteiger partial charge in [-0.1, -0.05) is 66.2 Å². The monoisotopic (exact) mass is 384 g/mol. The molecule has 2 saturated heterocycles. The zero-order valence-electron chi connectivity index (χ0n) is 15.9. The Balaban J connectivity index is 1.58. The van der Waals surface area contributed by atoms with Crippen molar-refractivity contribution < 1.29 is 14.4 Å². The lowest BCUT2D eigenvalue weighted by molar-refractivity contribution is -0.126. The largest absolute Gasteiger partial charge is 0.273 e. The summed E-state index contributed by atoms with van der Waals surface area (Å²) in [7, 11) is 0. The lowest BCUT2D eigenvalue weighted by atomic mass is 9.90. The van der Waals surface area contributed by atoms with Gasteiger partial charge in [-0.15, -0.1) is 0 Å². The number of benzene rings is 3. The first-order valence-corrected chi connectivity index (χ1v) is 9.65. The van der Waals surface area contributed by atoms with Gasteiger partial charge in [0, 0.05) is 0 Å². The highest BCUT2D eigenvalue weighted by Crippen LogP contribution is 2.47. The number of rotatable bonds is 3. The van der Waals surface area contributed by atoms with Crippen molar-refractivity contribution in [2.45, 2.75) is 19.1 Å². The summed E-state index contributed by atoms with van der Waals surface area (Å²) < 4.78 is 0. The fourth-order valence-corrected chi connectivity index (χ4v) is 4.15. The van der Waals surface area contributed by atoms with E-state index in [1.807, 2.05) is 79.7 Å². The van der Waals surface area contributed by atoms with Crippen LogP contribution in [0.4, 0.5) is 11.4 Å². The third-order valence-electron chi connectivity index (χ3n) is 5.56. The van der Waals surface area contributed by atoms with Crippen LogP contribution in [0.5, 0.6) is 0 Å². The second kappa shape index (κ2) is 6.87. The number of hydrogen-bond donors (Lipinski definition) is 0. The molecule has 0 aromatic heterocycles. The zero-order chi connectivity index (χ0) is 20.0. The molecule has 2 heterocycles. The first-order chi connectivity index (χ1) is 14.1. The fraction of sp³-hybridized carbons (Fsp3) is 0.167. The Labute approximate surface area is 169 Å². The molecule has 0 saturated carbocycles. The van der Waals surface area contributed by atoms with Gasteiger partial charge in [0.1, 0.15) is 5.92 Å². The summed E-state index contributed by atoms with van der Waals surface area (Å²) in [6.45, 7) is 1.97. The van der Waals surface area contributed by atoms with Gasteiger partial charge in [-0.3, -0.25) is 14.4 Å². The van der Waals surface area contributed by atoms with Crippen LogP contribution in [0.1, 0.15) is 17.2 Å². The molecule has 2 aliphatic rings. The van der Waals surface area contributed by atoms with Crippen LogP contribution in [0.2, 0.25) is 0 Å². The molecule has 3 atom stereocenters. The van der Waals surface area contributed by atoms with Gasteiger partial charge in [0.2, 0.25) is 5.91 Å². The maximum atomic E-state index is 13.4. The molecule has 2 aliphatic heterocycles. The van der Waals surface area contributed by atoms with Gasteiger partial charge in [0.05, 0.1) is 17.4 Å². The van der Waals surface area contributed by atoms with Crippen molar-refractivity contribution in [2.75, 3.05) is 9.96 Å². The molecule has 2 fully saturated rings. The topological polar surface area (TPSA) is 49.9 Å². The highest BCUT2D eigenvalue weighted by Gasteiger charge is 2.60. The van der Waals surface area contributed by atoms with E-state index in [9.17, 15) is 9.59 Å². The Morgan fingerprint density at radius 1 is 0.724 bits per heavy atom. The number of amides is 2. The molecule has 5 heteroatoms. The van der Waals surface area contributed by atoms with Crippen LogP contribution in [0, 0.1) is 12.8 Å². The van der Waals surface area contributed by atoms with Crippen LogP contribution in [-0.4, -0.2) is 17.9 Å². The molecule has 0 unspecified atom stereocenters. The van der Waals surface area contributed by atoms with E-state index in [1.54, 1.807) is 17.2 Å². The van der Waals surface area contributed by atoms with Crippen molar-refractivity contribution >= 4 is 23.2 Å². The lowest BCUT2D eigenvalue weighted by Crippen LogP contribution is -2.37. The van der Waals surface area contributed by atoms with Gasteiger partial charge < -0.3 is 0 Å². The summed E-state index contributed by atoms with van der Waals surface area (Å²) >= 11 is 0. The van der Waals surface area contributed by atoms with Crippen molar-refractivity contribution in [3.63, 3.8) is 0 Å². The van der Waals surface area contributed by atoms with E-state index >= 15 is 0 Å². The third-order valence-corrected chi connectivity index (χ3v) is 5.56. The van der Waals surface area contributed by atoms with E-state index in [1.165, 1.54) is 4.90 Å². The fourth-order valence-electron chi connectivity index (χ4n) is 4.15. The highest BCUT2D eigenvalue weighted by molar-refractivity contribution is 6.23.